The molecule has 1 aromatic carbocycles. The molecule has 0 aliphatic carbocycles. The first kappa shape index (κ1) is 30.1. The highest BCUT2D eigenvalue weighted by molar-refractivity contribution is 6.03. The lowest BCUT2D eigenvalue weighted by Crippen LogP contribution is -2.27. The first-order valence-electron chi connectivity index (χ1n) is 13.3. The number of carbonyl (C=O) groups excluding carboxylic acids is 2. The van der Waals surface area contributed by atoms with Gasteiger partial charge in [-0.25, -0.2) is 9.59 Å². The lowest BCUT2D eigenvalue weighted by Gasteiger charge is -2.18. The van der Waals surface area contributed by atoms with Crippen molar-refractivity contribution in [1.29, 1.82) is 0 Å². The molecule has 1 aromatic rings. The van der Waals surface area contributed by atoms with Crippen LogP contribution >= 0.6 is 0 Å². The number of benzene rings is 1. The second-order valence-electron chi connectivity index (χ2n) is 9.36. The predicted octanol–water partition coefficient (Wildman–Crippen LogP) is 6.50. The fraction of sp³-hybridized carbons (Fsp3) is 0.714. The van der Waals surface area contributed by atoms with E-state index in [0.717, 1.165) is 25.9 Å². The third-order valence-electron chi connectivity index (χ3n) is 5.99. The summed E-state index contributed by atoms with van der Waals surface area (Å²) < 4.78 is 10.9. The van der Waals surface area contributed by atoms with E-state index in [0.29, 0.717) is 0 Å². The van der Waals surface area contributed by atoms with E-state index in [2.05, 4.69) is 13.8 Å². The van der Waals surface area contributed by atoms with Crippen LogP contribution in [0.5, 0.6) is 0 Å². The average Bonchev–Trinajstić information content (AvgIpc) is 2.85. The Morgan fingerprint density at radius 1 is 0.618 bits per heavy atom. The Morgan fingerprint density at radius 3 is 1.35 bits per heavy atom. The van der Waals surface area contributed by atoms with Crippen molar-refractivity contribution in [2.24, 2.45) is 0 Å². The van der Waals surface area contributed by atoms with Gasteiger partial charge in [-0.1, -0.05) is 90.2 Å². The van der Waals surface area contributed by atoms with E-state index in [1.807, 2.05) is 23.9 Å². The molecule has 0 fully saturated rings. The van der Waals surface area contributed by atoms with Gasteiger partial charge in [0.1, 0.15) is 13.5 Å². The van der Waals surface area contributed by atoms with E-state index in [4.69, 9.17) is 9.47 Å². The van der Waals surface area contributed by atoms with E-state index >= 15 is 0 Å². The van der Waals surface area contributed by atoms with E-state index in [9.17, 15) is 9.59 Å². The summed E-state index contributed by atoms with van der Waals surface area (Å²) >= 11 is 0. The third kappa shape index (κ3) is 13.7. The van der Waals surface area contributed by atoms with Crippen molar-refractivity contribution in [3.05, 3.63) is 35.4 Å². The molecule has 0 saturated carbocycles. The molecule has 1 rings (SSSR count). The number of hydrogen-bond donors (Lipinski definition) is 0. The maximum Gasteiger partial charge on any atom is 0.340 e. The minimum atomic E-state index is -0.497. The molecule has 0 amide bonds. The van der Waals surface area contributed by atoms with Gasteiger partial charge in [0.15, 0.2) is 0 Å². The molecule has 34 heavy (non-hydrogen) atoms. The topological polar surface area (TPSA) is 59.1 Å². The quantitative estimate of drug-likeness (QED) is 0.122. The molecule has 6 heteroatoms. The summed E-state index contributed by atoms with van der Waals surface area (Å²) in [6, 6.07) is 6.70. The fourth-order valence-corrected chi connectivity index (χ4v) is 3.79. The molecule has 0 unspecified atom stereocenters. The zero-order chi connectivity index (χ0) is 25.0. The SMILES string of the molecule is CCCCCCCCN(C)COC(=O)c1ccccc1C(=O)OCN(C)CCCCCCCC. The smallest absolute Gasteiger partial charge is 0.340 e. The number of hydrogen-bond acceptors (Lipinski definition) is 6. The second-order valence-corrected chi connectivity index (χ2v) is 9.36. The minimum absolute atomic E-state index is 0.207. The van der Waals surface area contributed by atoms with Gasteiger partial charge in [-0.3, -0.25) is 9.80 Å². The Hall–Kier alpha value is -1.92. The second kappa shape index (κ2) is 19.4. The van der Waals surface area contributed by atoms with Gasteiger partial charge in [-0.15, -0.1) is 0 Å². The zero-order valence-electron chi connectivity index (χ0n) is 22.2. The largest absolute Gasteiger partial charge is 0.446 e. The minimum Gasteiger partial charge on any atom is -0.446 e. The predicted molar refractivity (Wildman–Crippen MR) is 139 cm³/mol. The van der Waals surface area contributed by atoms with Gasteiger partial charge >= 0.3 is 11.9 Å². The van der Waals surface area contributed by atoms with E-state index in [1.54, 1.807) is 24.3 Å². The highest BCUT2D eigenvalue weighted by atomic mass is 16.6. The Morgan fingerprint density at radius 2 is 0.971 bits per heavy atom. The molecule has 0 N–H and O–H groups in total. The van der Waals surface area contributed by atoms with Gasteiger partial charge in [-0.05, 0) is 39.1 Å². The Labute approximate surface area is 208 Å². The van der Waals surface area contributed by atoms with Gasteiger partial charge in [0, 0.05) is 13.1 Å². The Kier molecular flexibility index (Phi) is 17.2. The maximum absolute atomic E-state index is 12.6. The van der Waals surface area contributed by atoms with Crippen LogP contribution in [0.25, 0.3) is 0 Å². The van der Waals surface area contributed by atoms with Crippen LogP contribution in [-0.4, -0.2) is 62.4 Å². The normalized spacial score (nSPS) is 11.2. The first-order chi connectivity index (χ1) is 16.5. The van der Waals surface area contributed by atoms with E-state index in [1.165, 1.54) is 64.2 Å². The average molecular weight is 477 g/mol. The number of rotatable bonds is 20. The van der Waals surface area contributed by atoms with Crippen molar-refractivity contribution < 1.29 is 19.1 Å². The van der Waals surface area contributed by atoms with Crippen LogP contribution in [0.3, 0.4) is 0 Å². The van der Waals surface area contributed by atoms with Crippen LogP contribution in [-0.2, 0) is 9.47 Å². The summed E-state index contributed by atoms with van der Waals surface area (Å²) in [6.45, 7) is 6.61. The number of ether oxygens (including phenoxy) is 2. The van der Waals surface area contributed by atoms with E-state index < -0.39 is 11.9 Å². The summed E-state index contributed by atoms with van der Waals surface area (Å²) in [5, 5.41) is 0. The van der Waals surface area contributed by atoms with Gasteiger partial charge in [0.25, 0.3) is 0 Å². The Bertz CT molecular complexity index is 623. The van der Waals surface area contributed by atoms with Crippen molar-refractivity contribution in [3.8, 4) is 0 Å². The van der Waals surface area contributed by atoms with Crippen LogP contribution in [0, 0.1) is 0 Å². The number of carbonyl (C=O) groups is 2. The summed E-state index contributed by atoms with van der Waals surface area (Å²) in [6.07, 6.45) is 14.8. The van der Waals surface area contributed by atoms with Crippen molar-refractivity contribution in [3.63, 3.8) is 0 Å². The van der Waals surface area contributed by atoms with E-state index in [-0.39, 0.29) is 24.6 Å². The maximum atomic E-state index is 12.6. The van der Waals surface area contributed by atoms with Crippen LogP contribution < -0.4 is 0 Å². The molecule has 0 heterocycles. The fourth-order valence-electron chi connectivity index (χ4n) is 3.79. The molecule has 194 valence electrons. The lowest BCUT2D eigenvalue weighted by molar-refractivity contribution is 0.0226. The molecule has 0 atom stereocenters. The summed E-state index contributed by atoms with van der Waals surface area (Å²) in [5.41, 5.74) is 0.498. The van der Waals surface area contributed by atoms with Crippen molar-refractivity contribution >= 4 is 11.9 Å². The highest BCUT2D eigenvalue weighted by Crippen LogP contribution is 2.13. The van der Waals surface area contributed by atoms with Gasteiger partial charge in [0.2, 0.25) is 0 Å². The number of unbranched alkanes of at least 4 members (excludes halogenated alkanes) is 10. The Balaban J connectivity index is 2.38. The molecule has 0 radical (unpaired) electrons. The van der Waals surface area contributed by atoms with Gasteiger partial charge in [0.05, 0.1) is 11.1 Å². The monoisotopic (exact) mass is 476 g/mol. The summed E-state index contributed by atoms with van der Waals surface area (Å²) in [7, 11) is 3.89. The summed E-state index contributed by atoms with van der Waals surface area (Å²) in [4.78, 5) is 29.3. The van der Waals surface area contributed by atoms with Crippen molar-refractivity contribution in [1.82, 2.24) is 9.80 Å². The van der Waals surface area contributed by atoms with Crippen LogP contribution in [0.15, 0.2) is 24.3 Å². The standard InChI is InChI=1S/C28H48N2O4/c1-5-7-9-11-13-17-21-29(3)23-33-27(31)25-19-15-16-20-26(25)28(32)34-24-30(4)22-18-14-12-10-8-6-2/h15-16,19-20H,5-14,17-18,21-24H2,1-4H3. The van der Waals surface area contributed by atoms with Crippen molar-refractivity contribution in [2.45, 2.75) is 90.9 Å². The molecule has 0 aliphatic rings. The van der Waals surface area contributed by atoms with Crippen LogP contribution in [0.2, 0.25) is 0 Å². The molecule has 0 aliphatic heterocycles. The third-order valence-corrected chi connectivity index (χ3v) is 5.99. The zero-order valence-corrected chi connectivity index (χ0v) is 22.2. The summed E-state index contributed by atoms with van der Waals surface area (Å²) in [5.74, 6) is -0.995. The van der Waals surface area contributed by atoms with Crippen molar-refractivity contribution in [2.75, 3.05) is 40.6 Å². The molecular formula is C28H48N2O4. The first-order valence-corrected chi connectivity index (χ1v) is 13.3. The molecular weight excluding hydrogens is 428 g/mol. The molecule has 0 spiro atoms. The molecule has 0 saturated heterocycles. The molecule has 6 nitrogen and oxygen atoms in total. The number of nitrogens with zero attached hydrogens (tertiary/aromatic N) is 2. The molecule has 0 aromatic heterocycles. The van der Waals surface area contributed by atoms with Crippen LogP contribution in [0.1, 0.15) is 112 Å². The van der Waals surface area contributed by atoms with Gasteiger partial charge < -0.3 is 9.47 Å². The highest BCUT2D eigenvalue weighted by Gasteiger charge is 2.19. The van der Waals surface area contributed by atoms with Gasteiger partial charge in [-0.2, -0.15) is 0 Å². The lowest BCUT2D eigenvalue weighted by atomic mass is 10.1. The van der Waals surface area contributed by atoms with Crippen LogP contribution in [0.4, 0.5) is 0 Å². The number of esters is 2. The molecule has 0 bridgehead atoms.